The number of nitrogen functional groups attached to an aromatic ring is 5. The van der Waals surface area contributed by atoms with Crippen molar-refractivity contribution in [1.82, 2.24) is 34.7 Å². The third kappa shape index (κ3) is 35.8. The molecule has 0 aliphatic heterocycles. The van der Waals surface area contributed by atoms with E-state index in [1.165, 1.54) is 31.5 Å². The summed E-state index contributed by atoms with van der Waals surface area (Å²) in [6.07, 6.45) is 7.98. The van der Waals surface area contributed by atoms with Gasteiger partial charge in [0.15, 0.2) is 0 Å². The summed E-state index contributed by atoms with van der Waals surface area (Å²) in [5.41, 5.74) is 32.7. The number of aryl methyl sites for hydroxylation is 1. The fraction of sp³-hybridized carbons (Fsp3) is 0.231. The van der Waals surface area contributed by atoms with Gasteiger partial charge in [0.1, 0.15) is 69.0 Å². The second-order valence-corrected chi connectivity index (χ2v) is 32.1. The number of rotatable bonds is 17. The second-order valence-electron chi connectivity index (χ2n) is 29.9. The number of nitrogens with zero attached hydrogens (tertiary/aromatic N) is 9. The maximum absolute atomic E-state index is 13.3. The first-order valence-corrected chi connectivity index (χ1v) is 38.4. The molecule has 0 atom stereocenters. The van der Waals surface area contributed by atoms with E-state index < -0.39 is 38.3 Å². The molecule has 0 saturated carbocycles. The van der Waals surface area contributed by atoms with Gasteiger partial charge in [-0.05, 0) is 229 Å². The van der Waals surface area contributed by atoms with Crippen molar-refractivity contribution in [2.24, 2.45) is 0 Å². The van der Waals surface area contributed by atoms with Gasteiger partial charge in [-0.3, -0.25) is 35.1 Å². The van der Waals surface area contributed by atoms with Crippen LogP contribution in [-0.4, -0.2) is 85.2 Å². The van der Waals surface area contributed by atoms with E-state index in [0.29, 0.717) is 85.0 Å². The number of esters is 2. The Labute approximate surface area is 842 Å². The van der Waals surface area contributed by atoms with E-state index in [4.69, 9.17) is 92.8 Å². The van der Waals surface area contributed by atoms with Crippen LogP contribution < -0.4 is 137 Å². The largest absolute Gasteiger partial charge is 1.00 e. The van der Waals surface area contributed by atoms with E-state index >= 15 is 0 Å². The molecule has 13 rings (SSSR count). The number of aromatic nitrogens is 7. The standard InChI is InChI=1S/C33H36N6O2.2C18H17N3O3.C8H12N2O.C7H8N2O2.C3H3Cl3O2.CH2O3.CH4.2CH3.Li.2Na.Pt.H/c1-21-11-13-23(14-12-21)39-30(20-28(38-39)32(2,3)4)37-31(40)36-26-15-16-27(25-10-8-7-9-24(25)26)41-33(5,6)22-17-18-35-29(34)19-22;2*1-18(2,12-9-10-20-17(19)11-12)24-16-8-7-15(21(22)23)13-5-3-4-6-14(13)16;1-8(2,11)6-3-4-10-7(9)5-6;1-11-7(10)5-2-3-9-6(8)4-5;1-2(7)8-3(4,5)6;2-1-4-3;;;;;;;;/h7-20H,1-6H3,(H2,34,35)(H2,36,37,40);2*3-11H,1-2H3,(H2,19,20);3-5,11H,1-2H3,(H2,9,10);2-4H,1H3,(H2,8,9);1H3;1,3H;1H4;2*1H3;;;;;/q;;;;;;;;2*-1;3*+1;;-1/p-1. The Morgan fingerprint density at radius 3 is 1.16 bits per heavy atom. The summed E-state index contributed by atoms with van der Waals surface area (Å²) in [6, 6.07) is 58.9. The molecule has 130 heavy (non-hydrogen) atoms. The van der Waals surface area contributed by atoms with Gasteiger partial charge in [-0.2, -0.15) is 5.10 Å². The van der Waals surface area contributed by atoms with E-state index in [0.717, 1.165) is 56.9 Å². The van der Waals surface area contributed by atoms with Crippen LogP contribution in [0.1, 0.15) is 136 Å². The van der Waals surface area contributed by atoms with Gasteiger partial charge in [0, 0.05) is 104 Å². The number of aliphatic hydroxyl groups is 1. The maximum atomic E-state index is 13.3. The molecule has 680 valence electrons. The number of nitrogens with two attached hydrogens (primary N) is 5. The van der Waals surface area contributed by atoms with Crippen molar-refractivity contribution in [2.45, 2.75) is 129 Å². The number of non-ortho nitro benzene ring substituents is 2. The topological polar surface area (TPSA) is 490 Å². The molecule has 7 aromatic carbocycles. The van der Waals surface area contributed by atoms with Gasteiger partial charge in [-0.1, -0.05) is 107 Å². The van der Waals surface area contributed by atoms with Gasteiger partial charge >= 0.3 is 99.9 Å². The van der Waals surface area contributed by atoms with E-state index in [1.807, 2.05) is 164 Å². The molecule has 0 aliphatic rings. The number of amides is 2. The van der Waals surface area contributed by atoms with Crippen molar-refractivity contribution in [1.29, 1.82) is 0 Å². The Morgan fingerprint density at radius 1 is 0.508 bits per heavy atom. The molecule has 0 spiro atoms. The van der Waals surface area contributed by atoms with Crippen LogP contribution in [-0.2, 0) is 72.8 Å². The molecule has 0 radical (unpaired) electrons. The maximum Gasteiger partial charge on any atom is 1.00 e. The number of pyridine rings is 5. The number of fused-ring (bicyclic) bond motifs is 3. The average Bonchev–Trinajstić information content (AvgIpc) is 1.49. The van der Waals surface area contributed by atoms with Crippen LogP contribution in [0.5, 0.6) is 17.2 Å². The molecular weight excluding hydrogens is 1930 g/mol. The quantitative estimate of drug-likeness (QED) is 0.00614. The van der Waals surface area contributed by atoms with Crippen LogP contribution in [0.15, 0.2) is 231 Å². The number of carbonyl (C=O) groups is 4. The number of nitro benzene ring substituents is 2. The first-order chi connectivity index (χ1) is 57.7. The fourth-order valence-electron chi connectivity index (χ4n) is 11.6. The summed E-state index contributed by atoms with van der Waals surface area (Å²) in [7, 11) is 1.32. The minimum atomic E-state index is -1.91. The zero-order chi connectivity index (χ0) is 91.0. The van der Waals surface area contributed by atoms with E-state index in [9.17, 15) is 39.7 Å². The molecule has 0 unspecified atom stereocenters. The minimum absolute atomic E-state index is 0. The van der Waals surface area contributed by atoms with E-state index in [-0.39, 0.29) is 162 Å². The third-order valence-corrected chi connectivity index (χ3v) is 18.0. The molecule has 2 amide bonds. The first kappa shape index (κ1) is 119. The second kappa shape index (κ2) is 53.5. The van der Waals surface area contributed by atoms with Crippen molar-refractivity contribution < 1.29 is 168 Å². The summed E-state index contributed by atoms with van der Waals surface area (Å²) in [5, 5.41) is 55.5. The molecule has 0 saturated heterocycles. The van der Waals surface area contributed by atoms with Crippen LogP contribution in [0, 0.1) is 42.0 Å². The van der Waals surface area contributed by atoms with Crippen LogP contribution in [0.2, 0.25) is 0 Å². The Bertz CT molecular complexity index is 5750. The molecule has 6 aromatic heterocycles. The number of benzene rings is 7. The van der Waals surface area contributed by atoms with Crippen LogP contribution >= 0.6 is 34.8 Å². The summed E-state index contributed by atoms with van der Waals surface area (Å²) < 4.78 is 27.3. The van der Waals surface area contributed by atoms with E-state index in [1.54, 1.807) is 110 Å². The van der Waals surface area contributed by atoms with Gasteiger partial charge in [-0.25, -0.2) is 39.2 Å². The number of hydrogen-bond acceptors (Lipinski definition) is 27. The van der Waals surface area contributed by atoms with E-state index in [2.05, 4.69) is 70.7 Å². The SMILES string of the molecule is C.CC(=O)OC(Cl)(Cl)Cl.CC(C)(O)c1ccnc(N)c1.CC(C)(Oc1ccc([N+](=O)[O-])c2ccccc12)c1ccnc(N)c1.CC(C)(Oc1ccc([N+](=O)[O-])c2ccccc12)c1ccnc(N)c1.COC(=O)c1ccnc(N)c1.Cc1ccc(-n2nc(C(C)(C)C)cc2NC(=O)Nc2ccc(OC(C)(C)c3ccnc(N)c3)c3ccccc23)cc1.O=CO[O-].[CH3-].[CH3-].[H-].[Li+].[Na+].[Na+].[Pt]. The smallest absolute Gasteiger partial charge is 1.00 e. The van der Waals surface area contributed by atoms with Crippen molar-refractivity contribution in [2.75, 3.05) is 46.4 Å². The summed E-state index contributed by atoms with van der Waals surface area (Å²) in [5.74, 6) is 3.43. The van der Waals surface area contributed by atoms with Gasteiger partial charge in [-0.15, -0.1) is 0 Å². The summed E-state index contributed by atoms with van der Waals surface area (Å²) in [6.45, 7) is 24.4. The fourth-order valence-corrected chi connectivity index (χ4v) is 11.9. The molecule has 13 aromatic rings. The van der Waals surface area contributed by atoms with Gasteiger partial charge in [0.05, 0.1) is 56.0 Å². The van der Waals surface area contributed by atoms with Crippen LogP contribution in [0.3, 0.4) is 0 Å². The van der Waals surface area contributed by atoms with Crippen molar-refractivity contribution in [3.63, 3.8) is 0 Å². The Hall–Kier alpha value is -10.8. The number of ether oxygens (including phenoxy) is 5. The molecule has 0 fully saturated rings. The Kier molecular flexibility index (Phi) is 49.1. The number of nitro groups is 2. The predicted octanol–water partition coefficient (Wildman–Crippen LogP) is 9.96. The van der Waals surface area contributed by atoms with Crippen LogP contribution in [0.4, 0.5) is 56.8 Å². The van der Waals surface area contributed by atoms with Crippen molar-refractivity contribution in [3.8, 4) is 22.9 Å². The average molecular weight is 2030 g/mol. The van der Waals surface area contributed by atoms with Gasteiger partial charge < -0.3 is 89.2 Å². The van der Waals surface area contributed by atoms with Crippen LogP contribution in [0.25, 0.3) is 38.0 Å². The Balaban J connectivity index is 0. The summed E-state index contributed by atoms with van der Waals surface area (Å²) in [4.78, 5) is 86.7. The van der Waals surface area contributed by atoms with Gasteiger partial charge in [0.2, 0.25) is 0 Å². The number of anilines is 7. The monoisotopic (exact) mass is 2030 g/mol. The number of methoxy groups -OCH3 is 1. The molecule has 0 bridgehead atoms. The number of carbonyl (C=O) groups excluding carboxylic acids is 4. The number of urea groups is 1. The summed E-state index contributed by atoms with van der Waals surface area (Å²) >= 11 is 15.0. The normalized spacial score (nSPS) is 10.5. The van der Waals surface area contributed by atoms with Gasteiger partial charge in [0.25, 0.3) is 17.8 Å². The van der Waals surface area contributed by atoms with Crippen molar-refractivity contribution in [3.05, 3.63) is 305 Å². The first-order valence-electron chi connectivity index (χ1n) is 37.3. The molecular formula is C91H105Cl3LiN16Na2O16Pt-. The molecule has 13 N–H and O–H groups in total. The zero-order valence-electron chi connectivity index (χ0n) is 75.9. The predicted molar refractivity (Wildman–Crippen MR) is 495 cm³/mol. The molecule has 0 aliphatic carbocycles. The molecule has 32 nitrogen and oxygen atoms in total. The molecule has 39 heteroatoms. The molecule has 6 heterocycles. The zero-order valence-corrected chi connectivity index (χ0v) is 83.5. The number of nitrogens with one attached hydrogen (secondary N) is 2. The number of alkyl halides is 3. The number of hydrogen-bond donors (Lipinski definition) is 8. The minimum Gasteiger partial charge on any atom is -1.00 e. The van der Waals surface area contributed by atoms with Crippen molar-refractivity contribution >= 4 is 144 Å². The number of halogens is 3. The third-order valence-electron chi connectivity index (χ3n) is 17.8. The Morgan fingerprint density at radius 2 is 0.846 bits per heavy atom.